The maximum atomic E-state index is 5.64. The van der Waals surface area contributed by atoms with E-state index in [1.165, 1.54) is 12.1 Å². The summed E-state index contributed by atoms with van der Waals surface area (Å²) in [4.78, 5) is 5.59. The third-order valence-corrected chi connectivity index (χ3v) is 5.93. The van der Waals surface area contributed by atoms with Crippen molar-refractivity contribution < 1.29 is 9.47 Å². The van der Waals surface area contributed by atoms with E-state index in [1.807, 2.05) is 22.9 Å². The molecule has 0 radical (unpaired) electrons. The SMILES string of the molecule is CCN=c1scc(-c2ccc(OC)cc2OC)n1/N=C1/C[C@H](C)CC(C)(C)C1. The molecule has 1 heterocycles. The molecule has 152 valence electrons. The van der Waals surface area contributed by atoms with E-state index in [1.54, 1.807) is 25.6 Å². The first-order valence-corrected chi connectivity index (χ1v) is 10.7. The molecular weight excluding hydrogens is 370 g/mol. The summed E-state index contributed by atoms with van der Waals surface area (Å²) in [6, 6.07) is 5.89. The summed E-state index contributed by atoms with van der Waals surface area (Å²) < 4.78 is 13.0. The normalized spacial score (nSPS) is 21.1. The molecule has 1 saturated carbocycles. The standard InChI is InChI=1S/C22H31N3O2S/c1-7-23-21-25(24-16-10-15(2)12-22(3,4)13-16)19(14-28-21)18-9-8-17(26-5)11-20(18)27-6/h8-9,11,14-15H,7,10,12-13H2,1-6H3/b23-21?,24-16-/t15-/m0/s1. The van der Waals surface area contributed by atoms with Crippen molar-refractivity contribution in [1.29, 1.82) is 0 Å². The molecule has 0 amide bonds. The van der Waals surface area contributed by atoms with E-state index in [9.17, 15) is 0 Å². The lowest BCUT2D eigenvalue weighted by molar-refractivity contribution is 0.265. The van der Waals surface area contributed by atoms with Gasteiger partial charge in [0, 0.05) is 29.3 Å². The molecule has 1 aromatic carbocycles. The second-order valence-corrected chi connectivity index (χ2v) is 9.11. The summed E-state index contributed by atoms with van der Waals surface area (Å²) in [5.41, 5.74) is 3.52. The highest BCUT2D eigenvalue weighted by Gasteiger charge is 2.30. The minimum atomic E-state index is 0.285. The lowest BCUT2D eigenvalue weighted by atomic mass is 9.72. The third kappa shape index (κ3) is 4.49. The van der Waals surface area contributed by atoms with Crippen LogP contribution in [0.2, 0.25) is 0 Å². The van der Waals surface area contributed by atoms with Crippen LogP contribution in [0, 0.1) is 11.3 Å². The fourth-order valence-corrected chi connectivity index (χ4v) is 5.05. The average molecular weight is 402 g/mol. The highest BCUT2D eigenvalue weighted by Crippen LogP contribution is 2.38. The lowest BCUT2D eigenvalue weighted by Crippen LogP contribution is -2.29. The summed E-state index contributed by atoms with van der Waals surface area (Å²) in [7, 11) is 3.35. The Labute approximate surface area is 171 Å². The predicted octanol–water partition coefficient (Wildman–Crippen LogP) is 5.20. The molecule has 2 aromatic rings. The van der Waals surface area contributed by atoms with Gasteiger partial charge in [-0.2, -0.15) is 5.10 Å². The minimum Gasteiger partial charge on any atom is -0.497 e. The molecule has 28 heavy (non-hydrogen) atoms. The van der Waals surface area contributed by atoms with Crippen LogP contribution in [0.5, 0.6) is 11.5 Å². The van der Waals surface area contributed by atoms with Gasteiger partial charge in [0.2, 0.25) is 4.80 Å². The van der Waals surface area contributed by atoms with Gasteiger partial charge in [-0.3, -0.25) is 4.99 Å². The third-order valence-electron chi connectivity index (χ3n) is 5.07. The largest absolute Gasteiger partial charge is 0.497 e. The van der Waals surface area contributed by atoms with Gasteiger partial charge in [-0.1, -0.05) is 20.8 Å². The Balaban J connectivity index is 2.13. The second-order valence-electron chi connectivity index (χ2n) is 8.28. The van der Waals surface area contributed by atoms with Crippen LogP contribution < -0.4 is 14.3 Å². The number of thiazole rings is 1. The zero-order valence-electron chi connectivity index (χ0n) is 17.8. The summed E-state index contributed by atoms with van der Waals surface area (Å²) >= 11 is 1.62. The summed E-state index contributed by atoms with van der Waals surface area (Å²) in [6.45, 7) is 9.77. The number of rotatable bonds is 5. The molecule has 0 unspecified atom stereocenters. The molecule has 1 aliphatic rings. The number of aromatic nitrogens is 1. The zero-order chi connectivity index (χ0) is 20.3. The molecule has 1 aromatic heterocycles. The molecule has 0 bridgehead atoms. The molecule has 1 fully saturated rings. The van der Waals surface area contributed by atoms with Crippen LogP contribution >= 0.6 is 11.3 Å². The van der Waals surface area contributed by atoms with Gasteiger partial charge >= 0.3 is 0 Å². The molecule has 3 rings (SSSR count). The van der Waals surface area contributed by atoms with E-state index < -0.39 is 0 Å². The van der Waals surface area contributed by atoms with Crippen molar-refractivity contribution >= 4 is 17.0 Å². The molecule has 0 aliphatic heterocycles. The highest BCUT2D eigenvalue weighted by molar-refractivity contribution is 7.07. The average Bonchev–Trinajstić information content (AvgIpc) is 3.02. The zero-order valence-corrected chi connectivity index (χ0v) is 18.6. The van der Waals surface area contributed by atoms with Crippen molar-refractivity contribution in [2.75, 3.05) is 20.8 Å². The molecule has 1 aliphatic carbocycles. The molecule has 1 atom stereocenters. The van der Waals surface area contributed by atoms with Crippen LogP contribution in [-0.2, 0) is 0 Å². The van der Waals surface area contributed by atoms with Crippen molar-refractivity contribution in [2.45, 2.75) is 47.0 Å². The van der Waals surface area contributed by atoms with E-state index in [2.05, 4.69) is 38.1 Å². The smallest absolute Gasteiger partial charge is 0.206 e. The van der Waals surface area contributed by atoms with Gasteiger partial charge in [0.1, 0.15) is 11.5 Å². The van der Waals surface area contributed by atoms with Gasteiger partial charge in [-0.25, -0.2) is 4.68 Å². The van der Waals surface area contributed by atoms with Gasteiger partial charge in [-0.15, -0.1) is 11.3 Å². The number of hydrogen-bond donors (Lipinski definition) is 0. The lowest BCUT2D eigenvalue weighted by Gasteiger charge is -2.34. The van der Waals surface area contributed by atoms with E-state index in [4.69, 9.17) is 14.6 Å². The van der Waals surface area contributed by atoms with Crippen LogP contribution in [0.3, 0.4) is 0 Å². The molecular formula is C22H31N3O2S. The van der Waals surface area contributed by atoms with Gasteiger partial charge < -0.3 is 9.47 Å². The van der Waals surface area contributed by atoms with Crippen LogP contribution in [0.4, 0.5) is 0 Å². The summed E-state index contributed by atoms with van der Waals surface area (Å²) in [6.07, 6.45) is 3.30. The van der Waals surface area contributed by atoms with Crippen molar-refractivity contribution in [2.24, 2.45) is 21.4 Å². The Morgan fingerprint density at radius 3 is 2.68 bits per heavy atom. The minimum absolute atomic E-state index is 0.285. The fourth-order valence-electron chi connectivity index (χ4n) is 4.17. The van der Waals surface area contributed by atoms with Crippen molar-refractivity contribution in [3.8, 4) is 22.8 Å². The molecule has 0 saturated heterocycles. The maximum absolute atomic E-state index is 5.64. The first kappa shape index (κ1) is 20.6. The summed E-state index contributed by atoms with van der Waals surface area (Å²) in [5, 5.41) is 7.21. The second kappa shape index (κ2) is 8.52. The van der Waals surface area contributed by atoms with Crippen LogP contribution in [0.25, 0.3) is 11.3 Å². The molecule has 0 spiro atoms. The Morgan fingerprint density at radius 1 is 1.25 bits per heavy atom. The van der Waals surface area contributed by atoms with E-state index >= 15 is 0 Å². The first-order valence-electron chi connectivity index (χ1n) is 9.87. The number of nitrogens with zero attached hydrogens (tertiary/aromatic N) is 3. The quantitative estimate of drug-likeness (QED) is 0.691. The van der Waals surface area contributed by atoms with E-state index in [0.717, 1.165) is 46.9 Å². The van der Waals surface area contributed by atoms with Crippen molar-refractivity contribution in [1.82, 2.24) is 4.68 Å². The van der Waals surface area contributed by atoms with E-state index in [-0.39, 0.29) is 5.41 Å². The molecule has 5 nitrogen and oxygen atoms in total. The first-order chi connectivity index (χ1) is 13.4. The van der Waals surface area contributed by atoms with Gasteiger partial charge in [0.05, 0.1) is 19.9 Å². The monoisotopic (exact) mass is 401 g/mol. The predicted molar refractivity (Wildman–Crippen MR) is 117 cm³/mol. The van der Waals surface area contributed by atoms with Crippen molar-refractivity contribution in [3.05, 3.63) is 28.4 Å². The van der Waals surface area contributed by atoms with Gasteiger partial charge in [0.15, 0.2) is 0 Å². The Morgan fingerprint density at radius 2 is 2.04 bits per heavy atom. The number of hydrogen-bond acceptors (Lipinski definition) is 5. The summed E-state index contributed by atoms with van der Waals surface area (Å²) in [5.74, 6) is 2.19. The highest BCUT2D eigenvalue weighted by atomic mass is 32.1. The van der Waals surface area contributed by atoms with Crippen LogP contribution in [-0.4, -0.2) is 31.2 Å². The number of benzene rings is 1. The Bertz CT molecular complexity index is 924. The number of ether oxygens (including phenoxy) is 2. The molecule has 6 heteroatoms. The topological polar surface area (TPSA) is 48.1 Å². The fraction of sp³-hybridized carbons (Fsp3) is 0.545. The Kier molecular flexibility index (Phi) is 6.28. The number of methoxy groups -OCH3 is 2. The van der Waals surface area contributed by atoms with Crippen LogP contribution in [0.1, 0.15) is 47.0 Å². The van der Waals surface area contributed by atoms with E-state index in [0.29, 0.717) is 5.92 Å². The maximum Gasteiger partial charge on any atom is 0.206 e. The van der Waals surface area contributed by atoms with Crippen LogP contribution in [0.15, 0.2) is 33.7 Å². The van der Waals surface area contributed by atoms with Gasteiger partial charge in [0.25, 0.3) is 0 Å². The molecule has 0 N–H and O–H groups in total. The Hall–Kier alpha value is -2.08. The van der Waals surface area contributed by atoms with Gasteiger partial charge in [-0.05, 0) is 49.7 Å². The van der Waals surface area contributed by atoms with Crippen molar-refractivity contribution in [3.63, 3.8) is 0 Å².